The van der Waals surface area contributed by atoms with Gasteiger partial charge in [0.1, 0.15) is 12.3 Å². The number of nitrogens with zero attached hydrogens (tertiary/aromatic N) is 2. The largest absolute Gasteiger partial charge is 0.497 e. The van der Waals surface area contributed by atoms with Crippen LogP contribution in [0, 0.1) is 6.92 Å². The summed E-state index contributed by atoms with van der Waals surface area (Å²) >= 11 is 1.30. The molecule has 172 valence electrons. The molecule has 0 saturated carbocycles. The van der Waals surface area contributed by atoms with Gasteiger partial charge in [-0.25, -0.2) is 0 Å². The molecular formula is C26H23N3O4S. The zero-order chi connectivity index (χ0) is 23.9. The molecule has 2 aliphatic heterocycles. The smallest absolute Gasteiger partial charge is 0.269 e. The summed E-state index contributed by atoms with van der Waals surface area (Å²) in [7, 11) is 1.56. The third-order valence-electron chi connectivity index (χ3n) is 5.98. The summed E-state index contributed by atoms with van der Waals surface area (Å²) in [5.41, 5.74) is 3.58. The number of hydrogen-bond acceptors (Lipinski definition) is 5. The summed E-state index contributed by atoms with van der Waals surface area (Å²) in [6.07, 6.45) is 0. The number of anilines is 3. The lowest BCUT2D eigenvalue weighted by Gasteiger charge is -2.33. The molecule has 0 aromatic heterocycles. The van der Waals surface area contributed by atoms with Crippen molar-refractivity contribution in [2.75, 3.05) is 34.5 Å². The topological polar surface area (TPSA) is 79.0 Å². The van der Waals surface area contributed by atoms with Crippen LogP contribution in [0.25, 0.3) is 0 Å². The fourth-order valence-electron chi connectivity index (χ4n) is 4.52. The number of thioether (sulfide) groups is 1. The molecule has 7 nitrogen and oxygen atoms in total. The maximum absolute atomic E-state index is 14.0. The van der Waals surface area contributed by atoms with Crippen LogP contribution < -0.4 is 19.9 Å². The predicted octanol–water partition coefficient (Wildman–Crippen LogP) is 3.92. The highest BCUT2D eigenvalue weighted by molar-refractivity contribution is 8.02. The standard InChI is InChI=1S/C26H23N3O4S/c1-17-7-5-9-19(13-17)29-24(31)16-34-26(29)21-11-3-4-12-22(21)28(25(26)32)15-23(30)27-18-8-6-10-20(14-18)33-2/h3-14H,15-16H2,1-2H3,(H,27,30)/t26-/m1/s1. The molecule has 3 aromatic carbocycles. The highest BCUT2D eigenvalue weighted by Crippen LogP contribution is 2.55. The second-order valence-electron chi connectivity index (χ2n) is 8.19. The average molecular weight is 474 g/mol. The number of rotatable bonds is 5. The highest BCUT2D eigenvalue weighted by atomic mass is 32.2. The summed E-state index contributed by atoms with van der Waals surface area (Å²) < 4.78 is 5.21. The molecule has 0 bridgehead atoms. The third-order valence-corrected chi connectivity index (χ3v) is 7.37. The minimum Gasteiger partial charge on any atom is -0.497 e. The fourth-order valence-corrected chi connectivity index (χ4v) is 5.88. The summed E-state index contributed by atoms with van der Waals surface area (Å²) in [5, 5.41) is 2.83. The SMILES string of the molecule is COc1cccc(NC(=O)CN2C(=O)[C@]3(SCC(=O)N3c3cccc(C)c3)c3ccccc32)c1. The van der Waals surface area contributed by atoms with Gasteiger partial charge in [-0.05, 0) is 42.8 Å². The molecule has 34 heavy (non-hydrogen) atoms. The van der Waals surface area contributed by atoms with Gasteiger partial charge in [-0.3, -0.25) is 24.2 Å². The number of fused-ring (bicyclic) bond motifs is 2. The number of hydrogen-bond donors (Lipinski definition) is 1. The van der Waals surface area contributed by atoms with E-state index in [1.54, 1.807) is 36.3 Å². The van der Waals surface area contributed by atoms with E-state index in [9.17, 15) is 14.4 Å². The van der Waals surface area contributed by atoms with Crippen LogP contribution in [0.15, 0.2) is 72.8 Å². The Balaban J connectivity index is 1.50. The number of para-hydroxylation sites is 1. The third kappa shape index (κ3) is 3.51. The van der Waals surface area contributed by atoms with E-state index in [0.29, 0.717) is 28.4 Å². The first-order valence-corrected chi connectivity index (χ1v) is 11.8. The van der Waals surface area contributed by atoms with Crippen LogP contribution in [0.2, 0.25) is 0 Å². The van der Waals surface area contributed by atoms with E-state index in [1.807, 2.05) is 55.5 Å². The lowest BCUT2D eigenvalue weighted by molar-refractivity contribution is -0.124. The van der Waals surface area contributed by atoms with Crippen molar-refractivity contribution in [3.63, 3.8) is 0 Å². The van der Waals surface area contributed by atoms with Gasteiger partial charge >= 0.3 is 0 Å². The molecule has 0 unspecified atom stereocenters. The first kappa shape index (κ1) is 22.0. The zero-order valence-corrected chi connectivity index (χ0v) is 19.6. The molecule has 2 aliphatic rings. The number of carbonyl (C=O) groups is 3. The van der Waals surface area contributed by atoms with Crippen LogP contribution in [0.1, 0.15) is 11.1 Å². The van der Waals surface area contributed by atoms with Gasteiger partial charge in [-0.1, -0.05) is 36.4 Å². The molecule has 5 rings (SSSR count). The van der Waals surface area contributed by atoms with Crippen LogP contribution in [0.5, 0.6) is 5.75 Å². The summed E-state index contributed by atoms with van der Waals surface area (Å²) in [6, 6.07) is 22.0. The van der Waals surface area contributed by atoms with Gasteiger partial charge in [0.05, 0.1) is 18.6 Å². The Morgan fingerprint density at radius 3 is 2.65 bits per heavy atom. The van der Waals surface area contributed by atoms with Crippen LogP contribution in [-0.4, -0.2) is 37.1 Å². The monoisotopic (exact) mass is 473 g/mol. The van der Waals surface area contributed by atoms with Crippen molar-refractivity contribution in [2.45, 2.75) is 11.8 Å². The number of benzene rings is 3. The van der Waals surface area contributed by atoms with Crippen LogP contribution in [0.3, 0.4) is 0 Å². The number of methoxy groups -OCH3 is 1. The Morgan fingerprint density at radius 1 is 1.06 bits per heavy atom. The van der Waals surface area contributed by atoms with Crippen molar-refractivity contribution in [1.82, 2.24) is 0 Å². The zero-order valence-electron chi connectivity index (χ0n) is 18.8. The Bertz CT molecular complexity index is 1310. The maximum atomic E-state index is 14.0. The van der Waals surface area contributed by atoms with Crippen LogP contribution in [0.4, 0.5) is 17.1 Å². The van der Waals surface area contributed by atoms with Gasteiger partial charge in [0.15, 0.2) is 0 Å². The van der Waals surface area contributed by atoms with Crippen molar-refractivity contribution < 1.29 is 19.1 Å². The first-order valence-electron chi connectivity index (χ1n) is 10.8. The van der Waals surface area contributed by atoms with Crippen LogP contribution >= 0.6 is 11.8 Å². The van der Waals surface area contributed by atoms with Gasteiger partial charge in [-0.2, -0.15) is 0 Å². The van der Waals surface area contributed by atoms with Gasteiger partial charge in [0.2, 0.25) is 16.7 Å². The average Bonchev–Trinajstić information content (AvgIpc) is 3.30. The molecule has 2 heterocycles. The van der Waals surface area contributed by atoms with Crippen molar-refractivity contribution in [1.29, 1.82) is 0 Å². The normalized spacial score (nSPS) is 19.0. The Hall–Kier alpha value is -3.78. The second kappa shape index (κ2) is 8.53. The van der Waals surface area contributed by atoms with Crippen LogP contribution in [-0.2, 0) is 19.3 Å². The van der Waals surface area contributed by atoms with Gasteiger partial charge in [-0.15, -0.1) is 11.8 Å². The Labute approximate surface area is 201 Å². The lowest BCUT2D eigenvalue weighted by Crippen LogP contribution is -2.50. The highest BCUT2D eigenvalue weighted by Gasteiger charge is 2.61. The molecule has 1 N–H and O–H groups in total. The number of ether oxygens (including phenoxy) is 1. The summed E-state index contributed by atoms with van der Waals surface area (Å²) in [4.78, 5) is 41.9. The van der Waals surface area contributed by atoms with E-state index in [-0.39, 0.29) is 30.0 Å². The maximum Gasteiger partial charge on any atom is 0.269 e. The minimum absolute atomic E-state index is 0.138. The predicted molar refractivity (Wildman–Crippen MR) is 133 cm³/mol. The van der Waals surface area contributed by atoms with Crippen molar-refractivity contribution in [2.24, 2.45) is 0 Å². The lowest BCUT2D eigenvalue weighted by atomic mass is 10.0. The molecule has 0 radical (unpaired) electrons. The van der Waals surface area contributed by atoms with E-state index >= 15 is 0 Å². The van der Waals surface area contributed by atoms with Gasteiger partial charge in [0, 0.05) is 23.0 Å². The second-order valence-corrected chi connectivity index (χ2v) is 9.36. The Kier molecular flexibility index (Phi) is 5.53. The van der Waals surface area contributed by atoms with Gasteiger partial charge < -0.3 is 10.1 Å². The first-order chi connectivity index (χ1) is 16.4. The van der Waals surface area contributed by atoms with E-state index in [4.69, 9.17) is 4.74 Å². The number of nitrogens with one attached hydrogen (secondary N) is 1. The molecular weight excluding hydrogens is 450 g/mol. The Morgan fingerprint density at radius 2 is 1.85 bits per heavy atom. The summed E-state index contributed by atoms with van der Waals surface area (Å²) in [5.74, 6) is 0.0184. The van der Waals surface area contributed by atoms with Crippen molar-refractivity contribution in [3.8, 4) is 5.75 Å². The van der Waals surface area contributed by atoms with E-state index < -0.39 is 4.87 Å². The molecule has 8 heteroatoms. The van der Waals surface area contributed by atoms with Crippen molar-refractivity contribution >= 4 is 46.5 Å². The number of carbonyl (C=O) groups excluding carboxylic acids is 3. The minimum atomic E-state index is -1.24. The quantitative estimate of drug-likeness (QED) is 0.608. The fraction of sp³-hybridized carbons (Fsp3) is 0.192. The van der Waals surface area contributed by atoms with E-state index in [2.05, 4.69) is 5.32 Å². The number of aryl methyl sites for hydroxylation is 1. The summed E-state index contributed by atoms with van der Waals surface area (Å²) in [6.45, 7) is 1.77. The number of amides is 3. The molecule has 1 atom stereocenters. The van der Waals surface area contributed by atoms with Crippen molar-refractivity contribution in [3.05, 3.63) is 83.9 Å². The molecule has 1 saturated heterocycles. The van der Waals surface area contributed by atoms with E-state index in [1.165, 1.54) is 16.7 Å². The molecule has 3 aromatic rings. The molecule has 3 amide bonds. The van der Waals surface area contributed by atoms with E-state index in [0.717, 1.165) is 5.56 Å². The molecule has 1 fully saturated rings. The molecule has 1 spiro atoms. The molecule has 0 aliphatic carbocycles. The van der Waals surface area contributed by atoms with Gasteiger partial charge in [0.25, 0.3) is 5.91 Å².